The lowest BCUT2D eigenvalue weighted by Crippen LogP contribution is -2.40. The van der Waals surface area contributed by atoms with Gasteiger partial charge < -0.3 is 19.7 Å². The fraction of sp³-hybridized carbons (Fsp3) is 0.611. The molecular formula is C18H28Cl2N2O3. The van der Waals surface area contributed by atoms with Crippen LogP contribution in [0.5, 0.6) is 11.5 Å². The normalized spacial score (nSPS) is 16.7. The Kier molecular flexibility index (Phi) is 8.83. The second-order valence-corrected chi connectivity index (χ2v) is 6.95. The van der Waals surface area contributed by atoms with Crippen molar-refractivity contribution in [1.29, 1.82) is 0 Å². The Bertz CT molecular complexity index is 582. The summed E-state index contributed by atoms with van der Waals surface area (Å²) in [5.41, 5.74) is 0.539. The summed E-state index contributed by atoms with van der Waals surface area (Å²) in [5.74, 6) is 1.36. The fourth-order valence-corrected chi connectivity index (χ4v) is 3.22. The highest BCUT2D eigenvalue weighted by atomic mass is 35.5. The second kappa shape index (κ2) is 10.1. The average Bonchev–Trinajstić information content (AvgIpc) is 3.00. The first-order chi connectivity index (χ1) is 11.5. The van der Waals surface area contributed by atoms with Crippen molar-refractivity contribution in [2.24, 2.45) is 5.92 Å². The van der Waals surface area contributed by atoms with Gasteiger partial charge in [0, 0.05) is 24.7 Å². The lowest BCUT2D eigenvalue weighted by molar-refractivity contribution is 0.0736. The number of hydrogen-bond acceptors (Lipinski definition) is 4. The van der Waals surface area contributed by atoms with Gasteiger partial charge in [-0.15, -0.1) is 12.4 Å². The Morgan fingerprint density at radius 1 is 1.44 bits per heavy atom. The summed E-state index contributed by atoms with van der Waals surface area (Å²) in [4.78, 5) is 14.8. The van der Waals surface area contributed by atoms with Gasteiger partial charge in [-0.1, -0.05) is 25.4 Å². The van der Waals surface area contributed by atoms with Crippen molar-refractivity contribution in [3.63, 3.8) is 0 Å². The van der Waals surface area contributed by atoms with E-state index in [0.29, 0.717) is 34.6 Å². The molecule has 1 aromatic carbocycles. The predicted molar refractivity (Wildman–Crippen MR) is 104 cm³/mol. The van der Waals surface area contributed by atoms with E-state index in [0.717, 1.165) is 25.9 Å². The average molecular weight is 391 g/mol. The van der Waals surface area contributed by atoms with Crippen LogP contribution in [-0.4, -0.2) is 50.7 Å². The van der Waals surface area contributed by atoms with Crippen molar-refractivity contribution in [2.75, 3.05) is 33.9 Å². The van der Waals surface area contributed by atoms with E-state index in [4.69, 9.17) is 21.1 Å². The van der Waals surface area contributed by atoms with Gasteiger partial charge >= 0.3 is 0 Å². The monoisotopic (exact) mass is 390 g/mol. The van der Waals surface area contributed by atoms with Gasteiger partial charge in [-0.25, -0.2) is 0 Å². The molecule has 0 aliphatic carbocycles. The fourth-order valence-electron chi connectivity index (χ4n) is 2.95. The number of amides is 1. The van der Waals surface area contributed by atoms with Crippen LogP contribution < -0.4 is 14.8 Å². The molecule has 25 heavy (non-hydrogen) atoms. The molecule has 1 aliphatic rings. The van der Waals surface area contributed by atoms with Crippen LogP contribution in [-0.2, 0) is 0 Å². The molecule has 1 aliphatic heterocycles. The van der Waals surface area contributed by atoms with Gasteiger partial charge in [-0.05, 0) is 37.9 Å². The van der Waals surface area contributed by atoms with E-state index in [1.54, 1.807) is 19.2 Å². The van der Waals surface area contributed by atoms with E-state index >= 15 is 0 Å². The van der Waals surface area contributed by atoms with Crippen LogP contribution in [0.3, 0.4) is 0 Å². The van der Waals surface area contributed by atoms with Crippen LogP contribution in [0.25, 0.3) is 0 Å². The van der Waals surface area contributed by atoms with Crippen molar-refractivity contribution >= 4 is 29.9 Å². The summed E-state index contributed by atoms with van der Waals surface area (Å²) in [6, 6.07) is 3.62. The maximum absolute atomic E-state index is 12.9. The molecule has 5 nitrogen and oxygen atoms in total. The summed E-state index contributed by atoms with van der Waals surface area (Å²) in [7, 11) is 3.46. The lowest BCUT2D eigenvalue weighted by atomic mass is 10.1. The number of rotatable bonds is 7. The number of benzene rings is 1. The zero-order valence-electron chi connectivity index (χ0n) is 15.3. The molecule has 1 atom stereocenters. The molecule has 1 amide bonds. The molecule has 1 saturated heterocycles. The number of hydrogen-bond donors (Lipinski definition) is 1. The molecule has 142 valence electrons. The van der Waals surface area contributed by atoms with Crippen LogP contribution >= 0.6 is 24.0 Å². The van der Waals surface area contributed by atoms with Gasteiger partial charge in [0.2, 0.25) is 0 Å². The number of ether oxygens (including phenoxy) is 2. The van der Waals surface area contributed by atoms with Crippen molar-refractivity contribution in [2.45, 2.75) is 32.7 Å². The third kappa shape index (κ3) is 5.40. The maximum Gasteiger partial charge on any atom is 0.254 e. The number of methoxy groups -OCH3 is 1. The lowest BCUT2D eigenvalue weighted by Gasteiger charge is -2.25. The van der Waals surface area contributed by atoms with E-state index in [-0.39, 0.29) is 24.4 Å². The number of carbonyl (C=O) groups excluding carboxylic acids is 1. The highest BCUT2D eigenvalue weighted by Gasteiger charge is 2.29. The van der Waals surface area contributed by atoms with E-state index < -0.39 is 0 Å². The number of nitrogens with one attached hydrogen (secondary N) is 1. The van der Waals surface area contributed by atoms with Gasteiger partial charge in [0.25, 0.3) is 5.91 Å². The molecule has 1 fully saturated rings. The second-order valence-electron chi connectivity index (χ2n) is 6.55. The molecule has 2 rings (SSSR count). The molecule has 0 bridgehead atoms. The first kappa shape index (κ1) is 21.9. The Morgan fingerprint density at radius 2 is 2.16 bits per heavy atom. The van der Waals surface area contributed by atoms with Crippen LogP contribution in [0.15, 0.2) is 12.1 Å². The third-order valence-corrected chi connectivity index (χ3v) is 4.40. The van der Waals surface area contributed by atoms with Gasteiger partial charge in [-0.3, -0.25) is 4.79 Å². The van der Waals surface area contributed by atoms with E-state index in [1.165, 1.54) is 0 Å². The molecule has 1 unspecified atom stereocenters. The number of halogens is 2. The van der Waals surface area contributed by atoms with Gasteiger partial charge in [0.15, 0.2) is 11.5 Å². The molecule has 0 radical (unpaired) electrons. The van der Waals surface area contributed by atoms with Crippen LogP contribution in [0, 0.1) is 5.92 Å². The van der Waals surface area contributed by atoms with E-state index in [1.807, 2.05) is 11.9 Å². The van der Waals surface area contributed by atoms with Gasteiger partial charge in [-0.2, -0.15) is 0 Å². The first-order valence-electron chi connectivity index (χ1n) is 8.43. The molecule has 1 aromatic rings. The van der Waals surface area contributed by atoms with Crippen LogP contribution in [0.4, 0.5) is 0 Å². The smallest absolute Gasteiger partial charge is 0.254 e. The highest BCUT2D eigenvalue weighted by Crippen LogP contribution is 2.37. The van der Waals surface area contributed by atoms with E-state index in [2.05, 4.69) is 19.2 Å². The Balaban J connectivity index is 0.00000312. The number of nitrogens with zero attached hydrogens (tertiary/aromatic N) is 1. The molecule has 0 aromatic heterocycles. The van der Waals surface area contributed by atoms with Crippen molar-refractivity contribution in [1.82, 2.24) is 10.2 Å². The van der Waals surface area contributed by atoms with E-state index in [9.17, 15) is 4.79 Å². The molecular weight excluding hydrogens is 363 g/mol. The van der Waals surface area contributed by atoms with Crippen molar-refractivity contribution < 1.29 is 14.3 Å². The van der Waals surface area contributed by atoms with Gasteiger partial charge in [0.05, 0.1) is 18.7 Å². The molecule has 1 N–H and O–H groups in total. The summed E-state index contributed by atoms with van der Waals surface area (Å²) >= 11 is 6.36. The first-order valence-corrected chi connectivity index (χ1v) is 8.81. The van der Waals surface area contributed by atoms with Crippen molar-refractivity contribution in [3.05, 3.63) is 22.7 Å². The largest absolute Gasteiger partial charge is 0.493 e. The minimum Gasteiger partial charge on any atom is -0.493 e. The zero-order chi connectivity index (χ0) is 17.7. The quantitative estimate of drug-likeness (QED) is 0.771. The number of carbonyl (C=O) groups is 1. The third-order valence-electron chi connectivity index (χ3n) is 4.12. The summed E-state index contributed by atoms with van der Waals surface area (Å²) in [6.45, 7) is 6.24. The molecule has 0 saturated carbocycles. The predicted octanol–water partition coefficient (Wildman–Crippen LogP) is 3.63. The Morgan fingerprint density at radius 3 is 2.76 bits per heavy atom. The Labute approximate surface area is 161 Å². The maximum atomic E-state index is 12.9. The van der Waals surface area contributed by atoms with Crippen LogP contribution in [0.2, 0.25) is 5.02 Å². The molecule has 0 spiro atoms. The van der Waals surface area contributed by atoms with Crippen molar-refractivity contribution in [3.8, 4) is 11.5 Å². The SMILES string of the molecule is CNCC1CCCN1C(=O)c1cc(Cl)c(OCC(C)C)c(OC)c1.Cl. The zero-order valence-corrected chi connectivity index (χ0v) is 16.9. The minimum absolute atomic E-state index is 0. The standard InChI is InChI=1S/C18H27ClN2O3.ClH/c1-12(2)11-24-17-15(19)8-13(9-16(17)23-4)18(22)21-7-5-6-14(21)10-20-3;/h8-9,12,14,20H,5-7,10-11H2,1-4H3;1H. The summed E-state index contributed by atoms with van der Waals surface area (Å²) in [5, 5.41) is 3.56. The molecule has 1 heterocycles. The number of likely N-dealkylation sites (tertiary alicyclic amines) is 1. The topological polar surface area (TPSA) is 50.8 Å². The highest BCUT2D eigenvalue weighted by molar-refractivity contribution is 6.32. The van der Waals surface area contributed by atoms with Gasteiger partial charge in [0.1, 0.15) is 0 Å². The Hall–Kier alpha value is -1.17. The van der Waals surface area contributed by atoms with Crippen LogP contribution in [0.1, 0.15) is 37.0 Å². The summed E-state index contributed by atoms with van der Waals surface area (Å²) in [6.07, 6.45) is 2.05. The number of likely N-dealkylation sites (N-methyl/N-ethyl adjacent to an activating group) is 1. The molecule has 7 heteroatoms. The summed E-state index contributed by atoms with van der Waals surface area (Å²) < 4.78 is 11.1. The minimum atomic E-state index is -0.0108.